The number of para-hydroxylation sites is 1. The second-order valence-electron chi connectivity index (χ2n) is 5.78. The number of carbonyl (C=O) groups excluding carboxylic acids is 1. The van der Waals surface area contributed by atoms with E-state index in [4.69, 9.17) is 0 Å². The lowest BCUT2D eigenvalue weighted by Gasteiger charge is -2.14. The van der Waals surface area contributed by atoms with Crippen LogP contribution in [-0.2, 0) is 6.18 Å². The molecule has 0 saturated heterocycles. The molecule has 8 heteroatoms. The van der Waals surface area contributed by atoms with Gasteiger partial charge in [-0.25, -0.2) is 9.97 Å². The van der Waals surface area contributed by atoms with E-state index in [2.05, 4.69) is 20.6 Å². The summed E-state index contributed by atoms with van der Waals surface area (Å²) in [6, 6.07) is 13.5. The van der Waals surface area contributed by atoms with Crippen molar-refractivity contribution in [2.75, 3.05) is 10.6 Å². The average Bonchev–Trinajstić information content (AvgIpc) is 2.63. The first-order valence-corrected chi connectivity index (χ1v) is 7.96. The Kier molecular flexibility index (Phi) is 5.07. The maximum Gasteiger partial charge on any atom is 0.418 e. The van der Waals surface area contributed by atoms with Crippen LogP contribution in [0.2, 0.25) is 0 Å². The van der Waals surface area contributed by atoms with Gasteiger partial charge in [0.2, 0.25) is 0 Å². The van der Waals surface area contributed by atoms with Crippen LogP contribution in [0.4, 0.5) is 30.4 Å². The van der Waals surface area contributed by atoms with Crippen LogP contribution in [0.1, 0.15) is 21.6 Å². The highest BCUT2D eigenvalue weighted by atomic mass is 19.4. The topological polar surface area (TPSA) is 66.9 Å². The standard InChI is InChI=1S/C19H15F3N4O/c1-12-6-8-13(9-7-12)25-18(27)16-10-17(24-11-23-16)26-15-5-3-2-4-14(15)19(20,21)22/h2-11H,1H3,(H,25,27)(H,23,24,26). The van der Waals surface area contributed by atoms with Crippen LogP contribution in [0.3, 0.4) is 0 Å². The minimum atomic E-state index is -4.51. The predicted octanol–water partition coefficient (Wildman–Crippen LogP) is 4.80. The normalized spacial score (nSPS) is 11.1. The molecule has 3 rings (SSSR count). The molecule has 0 radical (unpaired) electrons. The lowest BCUT2D eigenvalue weighted by molar-refractivity contribution is -0.136. The van der Waals surface area contributed by atoms with Gasteiger partial charge in [0, 0.05) is 11.8 Å². The maximum atomic E-state index is 13.1. The van der Waals surface area contributed by atoms with Gasteiger partial charge in [0.25, 0.3) is 5.91 Å². The molecule has 2 N–H and O–H groups in total. The Morgan fingerprint density at radius 1 is 1.00 bits per heavy atom. The Morgan fingerprint density at radius 3 is 2.41 bits per heavy atom. The van der Waals surface area contributed by atoms with Crippen LogP contribution in [0.5, 0.6) is 0 Å². The number of alkyl halides is 3. The number of rotatable bonds is 4. The lowest BCUT2D eigenvalue weighted by atomic mass is 10.1. The van der Waals surface area contributed by atoms with E-state index in [1.54, 1.807) is 12.1 Å². The largest absolute Gasteiger partial charge is 0.418 e. The summed E-state index contributed by atoms with van der Waals surface area (Å²) in [4.78, 5) is 20.1. The highest BCUT2D eigenvalue weighted by molar-refractivity contribution is 6.03. The SMILES string of the molecule is Cc1ccc(NC(=O)c2cc(Nc3ccccc3C(F)(F)F)ncn2)cc1. The number of nitrogens with one attached hydrogen (secondary N) is 2. The molecule has 0 bridgehead atoms. The van der Waals surface area contributed by atoms with Crippen molar-refractivity contribution < 1.29 is 18.0 Å². The first kappa shape index (κ1) is 18.4. The van der Waals surface area contributed by atoms with Gasteiger partial charge in [-0.2, -0.15) is 13.2 Å². The van der Waals surface area contributed by atoms with Gasteiger partial charge < -0.3 is 10.6 Å². The van der Waals surface area contributed by atoms with Crippen LogP contribution in [0, 0.1) is 6.92 Å². The van der Waals surface area contributed by atoms with E-state index in [9.17, 15) is 18.0 Å². The van der Waals surface area contributed by atoms with E-state index in [0.29, 0.717) is 5.69 Å². The Labute approximate surface area is 153 Å². The molecule has 27 heavy (non-hydrogen) atoms. The Hall–Kier alpha value is -3.42. The lowest BCUT2D eigenvalue weighted by Crippen LogP contribution is -2.14. The van der Waals surface area contributed by atoms with Crippen molar-refractivity contribution in [2.24, 2.45) is 0 Å². The number of aryl methyl sites for hydroxylation is 1. The van der Waals surface area contributed by atoms with Gasteiger partial charge in [-0.05, 0) is 31.2 Å². The summed E-state index contributed by atoms with van der Waals surface area (Å²) in [6.45, 7) is 1.92. The molecule has 0 saturated carbocycles. The highest BCUT2D eigenvalue weighted by Gasteiger charge is 2.33. The number of nitrogens with zero attached hydrogens (tertiary/aromatic N) is 2. The van der Waals surface area contributed by atoms with Gasteiger partial charge in [0.1, 0.15) is 17.8 Å². The fourth-order valence-corrected chi connectivity index (χ4v) is 2.36. The van der Waals surface area contributed by atoms with Crippen LogP contribution < -0.4 is 10.6 Å². The maximum absolute atomic E-state index is 13.1. The van der Waals surface area contributed by atoms with Crippen molar-refractivity contribution in [3.8, 4) is 0 Å². The Balaban J connectivity index is 1.80. The van der Waals surface area contributed by atoms with Crippen molar-refractivity contribution >= 4 is 23.1 Å². The number of halogens is 3. The molecule has 0 spiro atoms. The van der Waals surface area contributed by atoms with E-state index in [1.165, 1.54) is 24.3 Å². The molecule has 0 fully saturated rings. The molecule has 1 aromatic heterocycles. The van der Waals surface area contributed by atoms with Crippen molar-refractivity contribution in [1.29, 1.82) is 0 Å². The average molecular weight is 372 g/mol. The van der Waals surface area contributed by atoms with Crippen molar-refractivity contribution in [2.45, 2.75) is 13.1 Å². The monoisotopic (exact) mass is 372 g/mol. The molecule has 2 aromatic carbocycles. The van der Waals surface area contributed by atoms with E-state index in [1.807, 2.05) is 19.1 Å². The molecule has 5 nitrogen and oxygen atoms in total. The van der Waals surface area contributed by atoms with Gasteiger partial charge in [-0.3, -0.25) is 4.79 Å². The third-order valence-corrected chi connectivity index (χ3v) is 3.70. The minimum Gasteiger partial charge on any atom is -0.340 e. The second kappa shape index (κ2) is 7.45. The number of aromatic nitrogens is 2. The van der Waals surface area contributed by atoms with Gasteiger partial charge in [-0.1, -0.05) is 29.8 Å². The summed E-state index contributed by atoms with van der Waals surface area (Å²) >= 11 is 0. The summed E-state index contributed by atoms with van der Waals surface area (Å²) in [5, 5.41) is 5.27. The van der Waals surface area contributed by atoms with Crippen LogP contribution >= 0.6 is 0 Å². The fourth-order valence-electron chi connectivity index (χ4n) is 2.36. The number of carbonyl (C=O) groups is 1. The first-order valence-electron chi connectivity index (χ1n) is 7.96. The van der Waals surface area contributed by atoms with Crippen LogP contribution in [0.25, 0.3) is 0 Å². The van der Waals surface area contributed by atoms with E-state index >= 15 is 0 Å². The highest BCUT2D eigenvalue weighted by Crippen LogP contribution is 2.35. The number of benzene rings is 2. The smallest absolute Gasteiger partial charge is 0.340 e. The summed E-state index contributed by atoms with van der Waals surface area (Å²) in [7, 11) is 0. The Morgan fingerprint density at radius 2 is 1.70 bits per heavy atom. The molecule has 0 aliphatic rings. The number of hydrogen-bond donors (Lipinski definition) is 2. The predicted molar refractivity (Wildman–Crippen MR) is 95.9 cm³/mol. The molecule has 0 unspecified atom stereocenters. The quantitative estimate of drug-likeness (QED) is 0.690. The van der Waals surface area contributed by atoms with E-state index < -0.39 is 17.6 Å². The number of hydrogen-bond acceptors (Lipinski definition) is 4. The zero-order valence-electron chi connectivity index (χ0n) is 14.2. The summed E-state index contributed by atoms with van der Waals surface area (Å²) < 4.78 is 39.3. The molecule has 0 aliphatic carbocycles. The van der Waals surface area contributed by atoms with E-state index in [-0.39, 0.29) is 17.2 Å². The zero-order chi connectivity index (χ0) is 19.4. The van der Waals surface area contributed by atoms with Crippen molar-refractivity contribution in [3.63, 3.8) is 0 Å². The number of anilines is 3. The molecule has 0 aliphatic heterocycles. The van der Waals surface area contributed by atoms with Crippen molar-refractivity contribution in [3.05, 3.63) is 77.7 Å². The van der Waals surface area contributed by atoms with E-state index in [0.717, 1.165) is 18.0 Å². The van der Waals surface area contributed by atoms with Crippen LogP contribution in [-0.4, -0.2) is 15.9 Å². The summed E-state index contributed by atoms with van der Waals surface area (Å²) in [6.07, 6.45) is -3.40. The zero-order valence-corrected chi connectivity index (χ0v) is 14.2. The molecule has 0 atom stereocenters. The number of amides is 1. The fraction of sp³-hybridized carbons (Fsp3) is 0.105. The van der Waals surface area contributed by atoms with Gasteiger partial charge in [-0.15, -0.1) is 0 Å². The molecule has 1 amide bonds. The molecule has 138 valence electrons. The molecule has 1 heterocycles. The van der Waals surface area contributed by atoms with Crippen molar-refractivity contribution in [1.82, 2.24) is 9.97 Å². The van der Waals surface area contributed by atoms with Gasteiger partial charge in [0.15, 0.2) is 0 Å². The Bertz CT molecular complexity index is 956. The molecular weight excluding hydrogens is 357 g/mol. The van der Waals surface area contributed by atoms with Gasteiger partial charge in [0.05, 0.1) is 11.3 Å². The van der Waals surface area contributed by atoms with Gasteiger partial charge >= 0.3 is 6.18 Å². The third-order valence-electron chi connectivity index (χ3n) is 3.70. The molecule has 3 aromatic rings. The minimum absolute atomic E-state index is 0.0255. The first-order chi connectivity index (χ1) is 12.8. The molecular formula is C19H15F3N4O. The summed E-state index contributed by atoms with van der Waals surface area (Å²) in [5.74, 6) is -0.413. The second-order valence-corrected chi connectivity index (χ2v) is 5.78. The summed E-state index contributed by atoms with van der Waals surface area (Å²) in [5.41, 5.74) is 0.673. The third kappa shape index (κ3) is 4.60. The van der Waals surface area contributed by atoms with Crippen LogP contribution in [0.15, 0.2) is 60.9 Å².